The van der Waals surface area contributed by atoms with Crippen LogP contribution in [-0.4, -0.2) is 21.5 Å². The third-order valence-corrected chi connectivity index (χ3v) is 1.72. The number of amides is 1. The summed E-state index contributed by atoms with van der Waals surface area (Å²) in [5.41, 5.74) is 0. The second-order valence-corrected chi connectivity index (χ2v) is 2.85. The molecule has 0 unspecified atom stereocenters. The van der Waals surface area contributed by atoms with Crippen molar-refractivity contribution < 1.29 is 15.2 Å². The van der Waals surface area contributed by atoms with Gasteiger partial charge in [-0.2, -0.15) is 0 Å². The lowest BCUT2D eigenvalue weighted by Gasteiger charge is -2.04. The molecule has 0 aromatic heterocycles. The third kappa shape index (κ3) is 6.12. The van der Waals surface area contributed by atoms with Crippen LogP contribution in [0, 0.1) is 0 Å². The molecule has 2 N–H and O–H groups in total. The molecule has 0 atom stereocenters. The van der Waals surface area contributed by atoms with E-state index < -0.39 is 5.91 Å². The van der Waals surface area contributed by atoms with Crippen LogP contribution in [0.4, 0.5) is 0 Å². The minimum Gasteiger partial charge on any atom is -0.270 e. The van der Waals surface area contributed by atoms with E-state index in [0.29, 0.717) is 0 Å². The quantitative estimate of drug-likeness (QED) is 0.368. The molecule has 0 aliphatic rings. The average Bonchev–Trinajstić information content (AvgIpc) is 2.03. The summed E-state index contributed by atoms with van der Waals surface area (Å²) in [5, 5.41) is 16.2. The van der Waals surface area contributed by atoms with Crippen LogP contribution >= 0.6 is 0 Å². The van der Waals surface area contributed by atoms with Gasteiger partial charge in [-0.1, -0.05) is 37.8 Å². The summed E-state index contributed by atoms with van der Waals surface area (Å²) in [6.07, 6.45) is 5.39. The number of hydrogen-bond donors (Lipinski definition) is 2. The van der Waals surface area contributed by atoms with E-state index in [1.165, 1.54) is 12.8 Å². The Morgan fingerprint density at radius 3 is 2.25 bits per heavy atom. The molecule has 0 saturated heterocycles. The average molecular weight is 175 g/mol. The first-order valence-electron chi connectivity index (χ1n) is 4.39. The Hall–Kier alpha value is -0.610. The fraction of sp³-hybridized carbons (Fsp3) is 0.875. The molecule has 12 heavy (non-hydrogen) atoms. The summed E-state index contributed by atoms with van der Waals surface area (Å²) in [4.78, 5) is 10.6. The van der Waals surface area contributed by atoms with Crippen LogP contribution in [0.5, 0.6) is 0 Å². The first-order chi connectivity index (χ1) is 5.68. The van der Waals surface area contributed by atoms with Crippen molar-refractivity contribution in [2.45, 2.75) is 45.4 Å². The van der Waals surface area contributed by atoms with Crippen molar-refractivity contribution in [1.82, 2.24) is 5.23 Å². The molecule has 0 heterocycles. The lowest BCUT2D eigenvalue weighted by atomic mass is 10.1. The zero-order valence-electron chi connectivity index (χ0n) is 7.49. The minimum atomic E-state index is -0.633. The predicted octanol–water partition coefficient (Wildman–Crippen LogP) is 1.95. The molecule has 0 aliphatic heterocycles. The maximum Gasteiger partial charge on any atom is 0.273 e. The van der Waals surface area contributed by atoms with Crippen LogP contribution in [0.25, 0.3) is 0 Å². The van der Waals surface area contributed by atoms with Crippen molar-refractivity contribution in [3.05, 3.63) is 0 Å². The van der Waals surface area contributed by atoms with E-state index in [-0.39, 0.29) is 11.6 Å². The van der Waals surface area contributed by atoms with Gasteiger partial charge in [-0.05, 0) is 6.42 Å². The van der Waals surface area contributed by atoms with Crippen LogP contribution in [0.15, 0.2) is 0 Å². The van der Waals surface area contributed by atoms with Gasteiger partial charge < -0.3 is 0 Å². The van der Waals surface area contributed by atoms with Gasteiger partial charge in [0.2, 0.25) is 0 Å². The first kappa shape index (κ1) is 11.4. The molecule has 0 bridgehead atoms. The van der Waals surface area contributed by atoms with Gasteiger partial charge in [-0.25, -0.2) is 0 Å². The molecule has 0 rings (SSSR count). The van der Waals surface area contributed by atoms with Crippen LogP contribution < -0.4 is 0 Å². The van der Waals surface area contributed by atoms with Crippen molar-refractivity contribution in [2.75, 3.05) is 0 Å². The van der Waals surface area contributed by atoms with Crippen LogP contribution in [-0.2, 0) is 4.79 Å². The lowest BCUT2D eigenvalue weighted by molar-refractivity contribution is -0.285. The number of hydroxylamine groups is 2. The molecule has 4 heteroatoms. The summed E-state index contributed by atoms with van der Waals surface area (Å²) >= 11 is 0. The van der Waals surface area contributed by atoms with Crippen LogP contribution in [0.2, 0.25) is 0 Å². The van der Waals surface area contributed by atoms with Gasteiger partial charge in [-0.3, -0.25) is 15.2 Å². The van der Waals surface area contributed by atoms with Gasteiger partial charge in [0.25, 0.3) is 5.91 Å². The molecule has 0 aromatic carbocycles. The molecule has 0 spiro atoms. The highest BCUT2D eigenvalue weighted by Crippen LogP contribution is 2.05. The van der Waals surface area contributed by atoms with E-state index in [1.54, 1.807) is 0 Å². The molecule has 0 radical (unpaired) electrons. The normalized spacial score (nSPS) is 9.92. The number of carbonyl (C=O) groups is 1. The molecule has 0 saturated carbocycles. The van der Waals surface area contributed by atoms with E-state index in [4.69, 9.17) is 10.4 Å². The lowest BCUT2D eigenvalue weighted by Crippen LogP contribution is -2.22. The SMILES string of the molecule is CCCCCCCC(=O)N(O)O. The fourth-order valence-electron chi connectivity index (χ4n) is 0.980. The maximum atomic E-state index is 10.6. The monoisotopic (exact) mass is 175 g/mol. The van der Waals surface area contributed by atoms with Crippen molar-refractivity contribution >= 4 is 5.91 Å². The predicted molar refractivity (Wildman–Crippen MR) is 43.8 cm³/mol. The summed E-state index contributed by atoms with van der Waals surface area (Å²) in [5.74, 6) is -0.633. The Labute approximate surface area is 72.7 Å². The van der Waals surface area contributed by atoms with E-state index in [1.807, 2.05) is 0 Å². The standard InChI is InChI=1S/C8H17NO3/c1-2-3-4-5-6-7-8(10)9(11)12/h11-12H,2-7H2,1H3. The van der Waals surface area contributed by atoms with E-state index in [9.17, 15) is 4.79 Å². The third-order valence-electron chi connectivity index (χ3n) is 1.72. The van der Waals surface area contributed by atoms with Gasteiger partial charge in [0, 0.05) is 6.42 Å². The molecule has 0 fully saturated rings. The largest absolute Gasteiger partial charge is 0.273 e. The summed E-state index contributed by atoms with van der Waals surface area (Å²) in [6.45, 7) is 2.12. The molecule has 72 valence electrons. The van der Waals surface area contributed by atoms with E-state index in [2.05, 4.69) is 6.92 Å². The van der Waals surface area contributed by atoms with Crippen molar-refractivity contribution in [3.8, 4) is 0 Å². The minimum absolute atomic E-state index is 0.219. The zero-order chi connectivity index (χ0) is 9.40. The van der Waals surface area contributed by atoms with Crippen molar-refractivity contribution in [1.29, 1.82) is 0 Å². The molecular weight excluding hydrogens is 158 g/mol. The van der Waals surface area contributed by atoms with Crippen LogP contribution in [0.3, 0.4) is 0 Å². The molecule has 4 nitrogen and oxygen atoms in total. The number of rotatable bonds is 6. The maximum absolute atomic E-state index is 10.6. The Kier molecular flexibility index (Phi) is 6.70. The number of carbonyl (C=O) groups excluding carboxylic acids is 1. The molecule has 0 aromatic rings. The summed E-state index contributed by atoms with van der Waals surface area (Å²) in [7, 11) is 0. The van der Waals surface area contributed by atoms with Gasteiger partial charge in [0.1, 0.15) is 0 Å². The molecule has 0 aliphatic carbocycles. The van der Waals surface area contributed by atoms with Crippen LogP contribution in [0.1, 0.15) is 45.4 Å². The van der Waals surface area contributed by atoms with Gasteiger partial charge in [-0.15, -0.1) is 0 Å². The smallest absolute Gasteiger partial charge is 0.270 e. The van der Waals surface area contributed by atoms with E-state index in [0.717, 1.165) is 19.3 Å². The Morgan fingerprint density at radius 2 is 1.75 bits per heavy atom. The first-order valence-corrected chi connectivity index (χ1v) is 4.39. The second kappa shape index (κ2) is 7.06. The number of hydrogen-bond acceptors (Lipinski definition) is 3. The highest BCUT2D eigenvalue weighted by atomic mass is 16.8. The second-order valence-electron chi connectivity index (χ2n) is 2.85. The van der Waals surface area contributed by atoms with Gasteiger partial charge in [0.15, 0.2) is 0 Å². The Morgan fingerprint density at radius 1 is 1.17 bits per heavy atom. The fourth-order valence-corrected chi connectivity index (χ4v) is 0.980. The topological polar surface area (TPSA) is 60.8 Å². The Balaban J connectivity index is 3.14. The van der Waals surface area contributed by atoms with Crippen molar-refractivity contribution in [2.24, 2.45) is 0 Å². The highest BCUT2D eigenvalue weighted by molar-refractivity contribution is 5.73. The zero-order valence-corrected chi connectivity index (χ0v) is 7.49. The van der Waals surface area contributed by atoms with E-state index >= 15 is 0 Å². The molecular formula is C8H17NO3. The highest BCUT2D eigenvalue weighted by Gasteiger charge is 2.05. The van der Waals surface area contributed by atoms with Gasteiger partial charge >= 0.3 is 0 Å². The van der Waals surface area contributed by atoms with Crippen molar-refractivity contribution in [3.63, 3.8) is 0 Å². The summed E-state index contributed by atoms with van der Waals surface area (Å²) in [6, 6.07) is 0. The van der Waals surface area contributed by atoms with Gasteiger partial charge in [0.05, 0.1) is 0 Å². The summed E-state index contributed by atoms with van der Waals surface area (Å²) < 4.78 is 0. The number of unbranched alkanes of at least 4 members (excludes halogenated alkanes) is 4. The Bertz CT molecular complexity index is 125. The molecule has 1 amide bonds. The number of nitrogens with zero attached hydrogens (tertiary/aromatic N) is 1.